The highest BCUT2D eigenvalue weighted by molar-refractivity contribution is 6.04. The topological polar surface area (TPSA) is 65.0 Å². The van der Waals surface area contributed by atoms with Gasteiger partial charge in [0.05, 0.1) is 7.11 Å². The summed E-state index contributed by atoms with van der Waals surface area (Å²) < 4.78 is 5.18. The molecule has 6 rings (SSSR count). The number of rotatable bonds is 7. The van der Waals surface area contributed by atoms with Gasteiger partial charge in [0.15, 0.2) is 0 Å². The highest BCUT2D eigenvalue weighted by Crippen LogP contribution is 2.33. The maximum atomic E-state index is 12.7. The minimum atomic E-state index is -0.131. The minimum absolute atomic E-state index is 0.131. The Balaban J connectivity index is 1.08. The maximum absolute atomic E-state index is 12.7. The third-order valence-corrected chi connectivity index (χ3v) is 7.78. The third-order valence-electron chi connectivity index (χ3n) is 7.78. The number of anilines is 2. The van der Waals surface area contributed by atoms with E-state index in [0.29, 0.717) is 5.56 Å². The van der Waals surface area contributed by atoms with Crippen LogP contribution in [0.2, 0.25) is 0 Å². The van der Waals surface area contributed by atoms with Gasteiger partial charge in [-0.25, -0.2) is 0 Å². The smallest absolute Gasteiger partial charge is 0.255 e. The molecule has 206 valence electrons. The van der Waals surface area contributed by atoms with E-state index in [1.54, 1.807) is 13.2 Å². The van der Waals surface area contributed by atoms with E-state index in [9.17, 15) is 9.90 Å². The molecule has 0 unspecified atom stereocenters. The zero-order valence-corrected chi connectivity index (χ0v) is 23.1. The summed E-state index contributed by atoms with van der Waals surface area (Å²) in [5.74, 6) is 0.900. The van der Waals surface area contributed by atoms with Crippen molar-refractivity contribution in [3.05, 3.63) is 120 Å². The Kier molecular flexibility index (Phi) is 7.56. The van der Waals surface area contributed by atoms with Crippen molar-refractivity contribution in [2.75, 3.05) is 43.5 Å². The van der Waals surface area contributed by atoms with Gasteiger partial charge in [-0.1, -0.05) is 48.5 Å². The van der Waals surface area contributed by atoms with Crippen LogP contribution in [0.5, 0.6) is 11.5 Å². The Bertz CT molecular complexity index is 1660. The number of amides is 1. The summed E-state index contributed by atoms with van der Waals surface area (Å²) in [7, 11) is 1.62. The van der Waals surface area contributed by atoms with E-state index in [0.717, 1.165) is 61.0 Å². The van der Waals surface area contributed by atoms with Crippen molar-refractivity contribution in [1.82, 2.24) is 4.90 Å². The number of nitrogens with zero attached hydrogens (tertiary/aromatic N) is 2. The van der Waals surface area contributed by atoms with Gasteiger partial charge in [-0.15, -0.1) is 0 Å². The van der Waals surface area contributed by atoms with Crippen LogP contribution in [0.3, 0.4) is 0 Å². The lowest BCUT2D eigenvalue weighted by atomic mass is 9.94. The number of carbonyl (C=O) groups is 1. The quantitative estimate of drug-likeness (QED) is 0.237. The number of fused-ring (bicyclic) bond motifs is 1. The molecule has 1 aliphatic heterocycles. The average molecular weight is 544 g/mol. The molecule has 2 N–H and O–H groups in total. The molecule has 0 radical (unpaired) electrons. The molecule has 0 spiro atoms. The molecule has 0 aliphatic carbocycles. The number of carbonyl (C=O) groups excluding carboxylic acids is 1. The van der Waals surface area contributed by atoms with E-state index in [2.05, 4.69) is 51.5 Å². The first kappa shape index (κ1) is 26.4. The average Bonchev–Trinajstić information content (AvgIpc) is 3.02. The van der Waals surface area contributed by atoms with Gasteiger partial charge in [-0.05, 0) is 88.1 Å². The zero-order chi connectivity index (χ0) is 28.2. The van der Waals surface area contributed by atoms with Crippen LogP contribution in [-0.2, 0) is 6.54 Å². The van der Waals surface area contributed by atoms with Crippen molar-refractivity contribution in [1.29, 1.82) is 0 Å². The fraction of sp³-hybridized carbons (Fsp3) is 0.171. The van der Waals surface area contributed by atoms with Crippen LogP contribution in [0, 0.1) is 0 Å². The molecule has 0 aromatic heterocycles. The van der Waals surface area contributed by atoms with Gasteiger partial charge >= 0.3 is 0 Å². The summed E-state index contributed by atoms with van der Waals surface area (Å²) in [6.07, 6.45) is 0. The number of piperazine rings is 1. The maximum Gasteiger partial charge on any atom is 0.255 e. The van der Waals surface area contributed by atoms with Gasteiger partial charge in [0, 0.05) is 49.7 Å². The fourth-order valence-electron chi connectivity index (χ4n) is 5.53. The molecule has 41 heavy (non-hydrogen) atoms. The molecule has 1 saturated heterocycles. The summed E-state index contributed by atoms with van der Waals surface area (Å²) in [4.78, 5) is 17.6. The molecule has 1 heterocycles. The number of phenolic OH excluding ortho intramolecular Hbond substituents is 1. The van der Waals surface area contributed by atoms with Crippen molar-refractivity contribution < 1.29 is 14.6 Å². The van der Waals surface area contributed by atoms with Crippen molar-refractivity contribution in [2.45, 2.75) is 6.54 Å². The lowest BCUT2D eigenvalue weighted by Crippen LogP contribution is -2.46. The van der Waals surface area contributed by atoms with Gasteiger partial charge in [0.25, 0.3) is 5.91 Å². The second-order valence-electron chi connectivity index (χ2n) is 10.4. The molecule has 5 aromatic rings. The van der Waals surface area contributed by atoms with Gasteiger partial charge in [-0.3, -0.25) is 9.69 Å². The predicted octanol–water partition coefficient (Wildman–Crippen LogP) is 6.80. The summed E-state index contributed by atoms with van der Waals surface area (Å²) >= 11 is 0. The summed E-state index contributed by atoms with van der Waals surface area (Å²) in [6, 6.07) is 35.5. The minimum Gasteiger partial charge on any atom is -0.508 e. The van der Waals surface area contributed by atoms with Gasteiger partial charge < -0.3 is 20.1 Å². The molecule has 1 fully saturated rings. The van der Waals surface area contributed by atoms with E-state index < -0.39 is 0 Å². The Morgan fingerprint density at radius 3 is 2.24 bits per heavy atom. The number of hydrogen-bond acceptors (Lipinski definition) is 5. The number of nitrogens with one attached hydrogen (secondary N) is 1. The Hall–Kier alpha value is -4.81. The second-order valence-corrected chi connectivity index (χ2v) is 10.4. The molecule has 0 bridgehead atoms. The van der Waals surface area contributed by atoms with Gasteiger partial charge in [-0.2, -0.15) is 0 Å². The number of phenols is 1. The Labute approximate surface area is 240 Å². The summed E-state index contributed by atoms with van der Waals surface area (Å²) in [5, 5.41) is 15.4. The third kappa shape index (κ3) is 5.88. The predicted molar refractivity (Wildman–Crippen MR) is 166 cm³/mol. The lowest BCUT2D eigenvalue weighted by molar-refractivity contribution is 0.102. The molecule has 6 nitrogen and oxygen atoms in total. The second kappa shape index (κ2) is 11.7. The molecule has 6 heteroatoms. The Morgan fingerprint density at radius 1 is 0.805 bits per heavy atom. The lowest BCUT2D eigenvalue weighted by Gasteiger charge is -2.36. The monoisotopic (exact) mass is 543 g/mol. The van der Waals surface area contributed by atoms with Crippen molar-refractivity contribution in [3.63, 3.8) is 0 Å². The van der Waals surface area contributed by atoms with Crippen LogP contribution in [0.25, 0.3) is 21.9 Å². The SMILES string of the molecule is COc1ccc(NC(=O)c2ccc(N3CCN(Cc4ccc(-c5cccc(O)c5)c5ccccc45)CC3)cc2)cc1. The normalized spacial score (nSPS) is 13.7. The standard InChI is InChI=1S/C35H33N3O3/c1-41-31-16-12-28(13-17-31)36-35(40)25-9-14-29(15-10-25)38-21-19-37(20-22-38)24-27-11-18-33(26-5-4-6-30(39)23-26)34-8-3-2-7-32(27)34/h2-18,23,39H,19-22,24H2,1H3,(H,36,40). The van der Waals surface area contributed by atoms with E-state index in [1.807, 2.05) is 66.7 Å². The number of aromatic hydroxyl groups is 1. The Morgan fingerprint density at radius 2 is 1.54 bits per heavy atom. The van der Waals surface area contributed by atoms with Crippen LogP contribution in [0.1, 0.15) is 15.9 Å². The first-order chi connectivity index (χ1) is 20.1. The number of ether oxygens (including phenoxy) is 1. The molecular weight excluding hydrogens is 510 g/mol. The van der Waals surface area contributed by atoms with E-state index >= 15 is 0 Å². The number of benzene rings is 5. The largest absolute Gasteiger partial charge is 0.508 e. The van der Waals surface area contributed by atoms with Crippen molar-refractivity contribution >= 4 is 28.1 Å². The molecule has 0 atom stereocenters. The van der Waals surface area contributed by atoms with E-state index in [1.165, 1.54) is 16.3 Å². The van der Waals surface area contributed by atoms with Crippen LogP contribution < -0.4 is 15.0 Å². The van der Waals surface area contributed by atoms with E-state index in [-0.39, 0.29) is 11.7 Å². The summed E-state index contributed by atoms with van der Waals surface area (Å²) in [6.45, 7) is 4.66. The number of methoxy groups -OCH3 is 1. The van der Waals surface area contributed by atoms with Gasteiger partial charge in [0.1, 0.15) is 11.5 Å². The van der Waals surface area contributed by atoms with Crippen molar-refractivity contribution in [2.24, 2.45) is 0 Å². The highest BCUT2D eigenvalue weighted by atomic mass is 16.5. The van der Waals surface area contributed by atoms with Crippen LogP contribution >= 0.6 is 0 Å². The van der Waals surface area contributed by atoms with Crippen LogP contribution in [-0.4, -0.2) is 49.2 Å². The molecule has 5 aromatic carbocycles. The summed E-state index contributed by atoms with van der Waals surface area (Å²) in [5.41, 5.74) is 5.95. The van der Waals surface area contributed by atoms with Gasteiger partial charge in [0.2, 0.25) is 0 Å². The molecular formula is C35H33N3O3. The molecule has 1 aliphatic rings. The zero-order valence-electron chi connectivity index (χ0n) is 23.1. The van der Waals surface area contributed by atoms with Crippen LogP contribution in [0.4, 0.5) is 11.4 Å². The molecule has 0 saturated carbocycles. The van der Waals surface area contributed by atoms with E-state index in [4.69, 9.17) is 4.74 Å². The number of hydrogen-bond donors (Lipinski definition) is 2. The first-order valence-electron chi connectivity index (χ1n) is 13.9. The van der Waals surface area contributed by atoms with Crippen LogP contribution in [0.15, 0.2) is 109 Å². The highest BCUT2D eigenvalue weighted by Gasteiger charge is 2.19. The first-order valence-corrected chi connectivity index (χ1v) is 13.9. The fourth-order valence-corrected chi connectivity index (χ4v) is 5.53. The van der Waals surface area contributed by atoms with Crippen molar-refractivity contribution in [3.8, 4) is 22.6 Å². The molecule has 1 amide bonds.